The van der Waals surface area contributed by atoms with E-state index in [1.54, 1.807) is 4.90 Å². The van der Waals surface area contributed by atoms with E-state index in [1.165, 1.54) is 11.1 Å². The Balaban J connectivity index is 1.58. The van der Waals surface area contributed by atoms with E-state index in [0.29, 0.717) is 6.54 Å². The Morgan fingerprint density at radius 3 is 3.09 bits per heavy atom. The van der Waals surface area contributed by atoms with Crippen molar-refractivity contribution in [1.82, 2.24) is 10.2 Å². The van der Waals surface area contributed by atoms with Crippen LogP contribution < -0.4 is 5.32 Å². The molecule has 1 atom stereocenters. The number of piperidine rings is 1. The van der Waals surface area contributed by atoms with Crippen molar-refractivity contribution in [1.29, 1.82) is 0 Å². The van der Waals surface area contributed by atoms with Crippen molar-refractivity contribution in [2.45, 2.75) is 44.4 Å². The summed E-state index contributed by atoms with van der Waals surface area (Å²) in [5.41, 5.74) is 2.66. The van der Waals surface area contributed by atoms with Crippen LogP contribution in [0.1, 0.15) is 36.8 Å². The van der Waals surface area contributed by atoms with Gasteiger partial charge in [0, 0.05) is 18.8 Å². The maximum atomic E-state index is 12.2. The first-order chi connectivity index (χ1) is 11.2. The van der Waals surface area contributed by atoms with Gasteiger partial charge in [0.1, 0.15) is 0 Å². The molecule has 1 aliphatic rings. The van der Waals surface area contributed by atoms with Crippen LogP contribution in [-0.2, 0) is 5.75 Å². The fourth-order valence-corrected chi connectivity index (χ4v) is 3.83. The van der Waals surface area contributed by atoms with Crippen LogP contribution in [0.5, 0.6) is 0 Å². The molecule has 0 unspecified atom stereocenters. The first kappa shape index (κ1) is 18.1. The van der Waals surface area contributed by atoms with E-state index in [0.717, 1.165) is 43.7 Å². The third-order valence-corrected chi connectivity index (χ3v) is 5.31. The van der Waals surface area contributed by atoms with Crippen LogP contribution >= 0.6 is 11.8 Å². The first-order valence-electron chi connectivity index (χ1n) is 8.49. The van der Waals surface area contributed by atoms with E-state index < -0.39 is 0 Å². The summed E-state index contributed by atoms with van der Waals surface area (Å²) >= 11 is 1.90. The molecule has 2 amide bonds. The lowest BCUT2D eigenvalue weighted by molar-refractivity contribution is 0.108. The van der Waals surface area contributed by atoms with Gasteiger partial charge in [-0.3, -0.25) is 0 Å². The summed E-state index contributed by atoms with van der Waals surface area (Å²) in [6.07, 6.45) is 4.02. The lowest BCUT2D eigenvalue weighted by Gasteiger charge is -2.34. The Hall–Kier alpha value is -1.20. The molecule has 2 rings (SSSR count). The number of hydrogen-bond acceptors (Lipinski definition) is 3. The van der Waals surface area contributed by atoms with Crippen LogP contribution in [0.3, 0.4) is 0 Å². The average molecular weight is 337 g/mol. The van der Waals surface area contributed by atoms with Crippen molar-refractivity contribution in [2.75, 3.05) is 25.4 Å². The number of likely N-dealkylation sites (tertiary alicyclic amines) is 1. The summed E-state index contributed by atoms with van der Waals surface area (Å²) in [6.45, 7) is 3.65. The molecule has 0 aliphatic carbocycles. The molecule has 1 heterocycles. The van der Waals surface area contributed by atoms with Gasteiger partial charge in [-0.1, -0.05) is 29.8 Å². The molecule has 1 aromatic carbocycles. The normalized spacial score (nSPS) is 18.0. The van der Waals surface area contributed by atoms with Gasteiger partial charge in [-0.05, 0) is 43.9 Å². The van der Waals surface area contributed by atoms with E-state index in [9.17, 15) is 9.90 Å². The summed E-state index contributed by atoms with van der Waals surface area (Å²) in [4.78, 5) is 14.0. The molecule has 1 aliphatic heterocycles. The molecule has 2 N–H and O–H groups in total. The summed E-state index contributed by atoms with van der Waals surface area (Å²) in [5.74, 6) is 2.06. The summed E-state index contributed by atoms with van der Waals surface area (Å²) in [5, 5.41) is 12.3. The maximum absolute atomic E-state index is 12.2. The van der Waals surface area contributed by atoms with Crippen LogP contribution in [0.15, 0.2) is 24.3 Å². The van der Waals surface area contributed by atoms with Crippen molar-refractivity contribution in [3.63, 3.8) is 0 Å². The van der Waals surface area contributed by atoms with Crippen molar-refractivity contribution >= 4 is 17.8 Å². The number of hydrogen-bond donors (Lipinski definition) is 2. The van der Waals surface area contributed by atoms with Gasteiger partial charge < -0.3 is 15.3 Å². The zero-order chi connectivity index (χ0) is 16.5. The Bertz CT molecular complexity index is 496. The van der Waals surface area contributed by atoms with Crippen LogP contribution in [0.2, 0.25) is 0 Å². The molecule has 23 heavy (non-hydrogen) atoms. The third kappa shape index (κ3) is 6.07. The highest BCUT2D eigenvalue weighted by Gasteiger charge is 2.25. The lowest BCUT2D eigenvalue weighted by Crippen LogP contribution is -2.50. The predicted molar refractivity (Wildman–Crippen MR) is 96.8 cm³/mol. The monoisotopic (exact) mass is 336 g/mol. The highest BCUT2D eigenvalue weighted by atomic mass is 32.2. The molecule has 0 aromatic heterocycles. The number of aryl methyl sites for hydroxylation is 1. The molecular weight excluding hydrogens is 308 g/mol. The highest BCUT2D eigenvalue weighted by molar-refractivity contribution is 7.98. The van der Waals surface area contributed by atoms with Crippen molar-refractivity contribution < 1.29 is 9.90 Å². The maximum Gasteiger partial charge on any atom is 0.317 e. The van der Waals surface area contributed by atoms with Gasteiger partial charge in [0.2, 0.25) is 0 Å². The number of thioether (sulfide) groups is 1. The predicted octanol–water partition coefficient (Wildman–Crippen LogP) is 3.17. The number of carbonyl (C=O) groups is 1. The van der Waals surface area contributed by atoms with Crippen LogP contribution in [0.25, 0.3) is 0 Å². The second-order valence-electron chi connectivity index (χ2n) is 6.15. The fourth-order valence-electron chi connectivity index (χ4n) is 2.92. The summed E-state index contributed by atoms with van der Waals surface area (Å²) in [6, 6.07) is 8.57. The molecule has 0 spiro atoms. The van der Waals surface area contributed by atoms with E-state index in [2.05, 4.69) is 36.5 Å². The minimum atomic E-state index is -0.0209. The van der Waals surface area contributed by atoms with E-state index >= 15 is 0 Å². The van der Waals surface area contributed by atoms with Crippen LogP contribution in [0, 0.1) is 6.92 Å². The van der Waals surface area contributed by atoms with Crippen molar-refractivity contribution in [2.24, 2.45) is 0 Å². The van der Waals surface area contributed by atoms with Crippen molar-refractivity contribution in [3.8, 4) is 0 Å². The highest BCUT2D eigenvalue weighted by Crippen LogP contribution is 2.17. The Labute approximate surface area is 143 Å². The summed E-state index contributed by atoms with van der Waals surface area (Å²) < 4.78 is 0. The molecule has 0 radical (unpaired) electrons. The second-order valence-corrected chi connectivity index (χ2v) is 7.26. The van der Waals surface area contributed by atoms with Crippen LogP contribution in [0.4, 0.5) is 4.79 Å². The first-order valence-corrected chi connectivity index (χ1v) is 9.65. The third-order valence-electron chi connectivity index (χ3n) is 4.19. The Morgan fingerprint density at radius 1 is 1.43 bits per heavy atom. The van der Waals surface area contributed by atoms with E-state index in [1.807, 2.05) is 11.8 Å². The largest absolute Gasteiger partial charge is 0.394 e. The van der Waals surface area contributed by atoms with Gasteiger partial charge in [-0.25, -0.2) is 4.79 Å². The summed E-state index contributed by atoms with van der Waals surface area (Å²) in [7, 11) is 0. The zero-order valence-corrected chi connectivity index (χ0v) is 14.8. The number of nitrogens with zero attached hydrogens (tertiary/aromatic N) is 1. The lowest BCUT2D eigenvalue weighted by atomic mass is 10.0. The number of urea groups is 1. The standard InChI is InChI=1S/C18H28N2O2S/c1-15-6-4-7-16(12-15)14-23-11-5-9-19-18(22)20-10-3-2-8-17(20)13-21/h4,6-7,12,17,21H,2-3,5,8-11,13-14H2,1H3,(H,19,22)/t17-/m1/s1. The van der Waals surface area contributed by atoms with Crippen LogP contribution in [-0.4, -0.2) is 47.5 Å². The quantitative estimate of drug-likeness (QED) is 0.752. The SMILES string of the molecule is Cc1cccc(CSCCCNC(=O)N2CCCC[C@@H]2CO)c1. The number of aliphatic hydroxyl groups is 1. The molecule has 1 aromatic rings. The van der Waals surface area contributed by atoms with Gasteiger partial charge in [-0.2, -0.15) is 11.8 Å². The minimum Gasteiger partial charge on any atom is -0.394 e. The molecule has 4 nitrogen and oxygen atoms in total. The minimum absolute atomic E-state index is 0.000514. The molecule has 5 heteroatoms. The smallest absolute Gasteiger partial charge is 0.317 e. The van der Waals surface area contributed by atoms with Gasteiger partial charge in [0.15, 0.2) is 0 Å². The van der Waals surface area contributed by atoms with Gasteiger partial charge in [0.05, 0.1) is 12.6 Å². The molecule has 0 bridgehead atoms. The Morgan fingerprint density at radius 2 is 2.30 bits per heavy atom. The topological polar surface area (TPSA) is 52.6 Å². The van der Waals surface area contributed by atoms with Crippen molar-refractivity contribution in [3.05, 3.63) is 35.4 Å². The second kappa shape index (κ2) is 9.83. The number of aliphatic hydroxyl groups excluding tert-OH is 1. The number of benzene rings is 1. The molecule has 128 valence electrons. The number of rotatable bonds is 7. The molecule has 1 saturated heterocycles. The number of carbonyl (C=O) groups excluding carboxylic acids is 1. The van der Waals surface area contributed by atoms with E-state index in [-0.39, 0.29) is 18.7 Å². The fraction of sp³-hybridized carbons (Fsp3) is 0.611. The molecule has 1 fully saturated rings. The van der Waals surface area contributed by atoms with Gasteiger partial charge in [-0.15, -0.1) is 0 Å². The Kier molecular flexibility index (Phi) is 7.76. The van der Waals surface area contributed by atoms with Gasteiger partial charge in [0.25, 0.3) is 0 Å². The number of amides is 2. The average Bonchev–Trinajstić information content (AvgIpc) is 2.57. The zero-order valence-electron chi connectivity index (χ0n) is 14.0. The molecule has 0 saturated carbocycles. The van der Waals surface area contributed by atoms with Gasteiger partial charge >= 0.3 is 6.03 Å². The number of nitrogens with one attached hydrogen (secondary N) is 1. The van der Waals surface area contributed by atoms with E-state index in [4.69, 9.17) is 0 Å². The molecular formula is C18H28N2O2S.